The molecule has 1 aliphatic heterocycles. The van der Waals surface area contributed by atoms with E-state index in [2.05, 4.69) is 0 Å². The molecule has 0 radical (unpaired) electrons. The van der Waals surface area contributed by atoms with Gasteiger partial charge in [0.05, 0.1) is 11.6 Å². The van der Waals surface area contributed by atoms with E-state index in [1.807, 2.05) is 0 Å². The van der Waals surface area contributed by atoms with E-state index >= 15 is 0 Å². The Kier molecular flexibility index (Phi) is 1.68. The fourth-order valence-electron chi connectivity index (χ4n) is 1.13. The van der Waals surface area contributed by atoms with Crippen molar-refractivity contribution in [1.82, 2.24) is 0 Å². The van der Waals surface area contributed by atoms with Crippen LogP contribution in [0, 0.1) is 5.41 Å². The number of aliphatic hydroxyl groups is 1. The highest BCUT2D eigenvalue weighted by molar-refractivity contribution is 5.56. The third kappa shape index (κ3) is 2.80. The number of benzene rings is 1. The van der Waals surface area contributed by atoms with Crippen LogP contribution in [0.25, 0.3) is 6.08 Å². The summed E-state index contributed by atoms with van der Waals surface area (Å²) in [6.45, 7) is 2.50. The Hall–Kier alpha value is -1.48. The minimum Gasteiger partial charge on any atom is -0.454 e. The third-order valence-corrected chi connectivity index (χ3v) is 2.23. The van der Waals surface area contributed by atoms with E-state index in [9.17, 15) is 5.11 Å². The lowest BCUT2D eigenvalue weighted by molar-refractivity contribution is 0.106. The largest absolute Gasteiger partial charge is 0.454 e. The van der Waals surface area contributed by atoms with Gasteiger partial charge in [0.25, 0.3) is 0 Å². The molecule has 3 heteroatoms. The SMILES string of the molecule is [2H]c1c([2H])c2c(c([2H])c1/C=C/C([2H])(O)C(C)(C)C)OC([2H])([2H])O2. The van der Waals surface area contributed by atoms with Gasteiger partial charge in [0, 0.05) is 0 Å². The van der Waals surface area contributed by atoms with Crippen LogP contribution in [0.1, 0.15) is 34.6 Å². The Labute approximate surface area is 110 Å². The van der Waals surface area contributed by atoms with E-state index in [-0.39, 0.29) is 29.1 Å². The zero-order chi connectivity index (χ0) is 17.8. The molecule has 2 rings (SSSR count). The number of fused-ring (bicyclic) bond motifs is 1. The first-order valence-electron chi connectivity index (χ1n) is 8.20. The lowest BCUT2D eigenvalue weighted by Gasteiger charge is -2.22. The zero-order valence-corrected chi connectivity index (χ0v) is 9.92. The number of rotatable bonds is 2. The van der Waals surface area contributed by atoms with Crippen molar-refractivity contribution >= 4 is 6.08 Å². The average molecular weight is 240 g/mol. The lowest BCUT2D eigenvalue weighted by atomic mass is 9.89. The molecule has 0 saturated heterocycles. The van der Waals surface area contributed by atoms with Gasteiger partial charge in [0.2, 0.25) is 6.75 Å². The maximum Gasteiger partial charge on any atom is 0.231 e. The first-order valence-corrected chi connectivity index (χ1v) is 5.20. The zero-order valence-electron chi connectivity index (χ0n) is 15.9. The highest BCUT2D eigenvalue weighted by Crippen LogP contribution is 2.33. The maximum absolute atomic E-state index is 10.1. The number of ether oxygens (including phenoxy) is 2. The van der Waals surface area contributed by atoms with Crippen molar-refractivity contribution in [2.45, 2.75) is 26.9 Å². The first kappa shape index (κ1) is 6.45. The van der Waals surface area contributed by atoms with Gasteiger partial charge in [-0.3, -0.25) is 0 Å². The molecule has 0 fully saturated rings. The van der Waals surface area contributed by atoms with Gasteiger partial charge in [0.1, 0.15) is 2.74 Å². The summed E-state index contributed by atoms with van der Waals surface area (Å²) in [4.78, 5) is 0. The topological polar surface area (TPSA) is 38.7 Å². The molecule has 1 aromatic carbocycles. The lowest BCUT2D eigenvalue weighted by Crippen LogP contribution is -2.23. The first-order chi connectivity index (χ1) is 10.3. The second-order valence-corrected chi connectivity index (χ2v) is 4.70. The van der Waals surface area contributed by atoms with E-state index in [1.54, 1.807) is 20.8 Å². The smallest absolute Gasteiger partial charge is 0.231 e. The highest BCUT2D eigenvalue weighted by Gasteiger charge is 2.19. The van der Waals surface area contributed by atoms with E-state index in [0.29, 0.717) is 0 Å². The average Bonchev–Trinajstić information content (AvgIpc) is 2.71. The Balaban J connectivity index is 2.53. The van der Waals surface area contributed by atoms with Crippen LogP contribution < -0.4 is 9.47 Å². The molecule has 0 bridgehead atoms. The number of hydrogen-bond donors (Lipinski definition) is 1. The predicted molar refractivity (Wildman–Crippen MR) is 67.1 cm³/mol. The van der Waals surface area contributed by atoms with Crippen LogP contribution in [0.4, 0.5) is 0 Å². The molecule has 0 saturated carbocycles. The van der Waals surface area contributed by atoms with Crippen molar-refractivity contribution in [3.63, 3.8) is 0 Å². The van der Waals surface area contributed by atoms with Crippen molar-refractivity contribution in [2.24, 2.45) is 5.41 Å². The Bertz CT molecular complexity index is 676. The fourth-order valence-corrected chi connectivity index (χ4v) is 1.13. The van der Waals surface area contributed by atoms with Crippen molar-refractivity contribution in [1.29, 1.82) is 0 Å². The van der Waals surface area contributed by atoms with Gasteiger partial charge in [-0.1, -0.05) is 39.0 Å². The highest BCUT2D eigenvalue weighted by atomic mass is 16.7. The van der Waals surface area contributed by atoms with Crippen molar-refractivity contribution in [3.8, 4) is 11.5 Å². The molecule has 1 aliphatic rings. The molecule has 0 amide bonds. The monoisotopic (exact) mass is 240 g/mol. The van der Waals surface area contributed by atoms with Gasteiger partial charge < -0.3 is 14.6 Å². The summed E-state index contributed by atoms with van der Waals surface area (Å²) >= 11 is 0. The van der Waals surface area contributed by atoms with E-state index in [0.717, 1.165) is 6.08 Å². The molecule has 1 aromatic rings. The van der Waals surface area contributed by atoms with Crippen molar-refractivity contribution in [2.75, 3.05) is 6.75 Å². The van der Waals surface area contributed by atoms with Crippen LogP contribution in [0.3, 0.4) is 0 Å². The molecule has 1 N–H and O–H groups in total. The quantitative estimate of drug-likeness (QED) is 0.864. The summed E-state index contributed by atoms with van der Waals surface area (Å²) in [6.07, 6.45) is 0.395. The van der Waals surface area contributed by atoms with Gasteiger partial charge in [-0.05, 0) is 23.1 Å². The fraction of sp³-hybridized carbons (Fsp3) is 0.429. The summed E-state index contributed by atoms with van der Waals surface area (Å²) in [5.74, 6) is -0.556. The molecule has 17 heavy (non-hydrogen) atoms. The maximum atomic E-state index is 10.1. The Morgan fingerprint density at radius 3 is 2.88 bits per heavy atom. The Morgan fingerprint density at radius 2 is 2.18 bits per heavy atom. The van der Waals surface area contributed by atoms with Gasteiger partial charge >= 0.3 is 0 Å². The van der Waals surface area contributed by atoms with Crippen LogP contribution in [-0.4, -0.2) is 17.9 Å². The summed E-state index contributed by atoms with van der Waals surface area (Å²) in [5.41, 5.74) is -0.851. The molecular weight excluding hydrogens is 216 g/mol. The number of hydrogen-bond acceptors (Lipinski definition) is 3. The van der Waals surface area contributed by atoms with Crippen LogP contribution in [0.15, 0.2) is 24.2 Å². The molecule has 1 heterocycles. The van der Waals surface area contributed by atoms with E-state index in [4.69, 9.17) is 17.7 Å². The standard InChI is InChI=1S/C14H18O3/c1-14(2,3)13(15)7-5-10-4-6-11-12(8-10)17-9-16-11/h4-8,13,15H,9H2,1-3H3/b7-5+/i4D,6D,8D,9D2,13D. The predicted octanol–water partition coefficient (Wildman–Crippen LogP) is 2.84. The summed E-state index contributed by atoms with van der Waals surface area (Å²) in [6, 6.07) is -1.11. The molecule has 0 spiro atoms. The second kappa shape index (κ2) is 4.41. The molecule has 1 unspecified atom stereocenters. The minimum atomic E-state index is -2.50. The van der Waals surface area contributed by atoms with Crippen molar-refractivity contribution in [3.05, 3.63) is 29.8 Å². The normalized spacial score (nSPS) is 26.4. The van der Waals surface area contributed by atoms with E-state index < -0.39 is 24.3 Å². The van der Waals surface area contributed by atoms with Crippen LogP contribution >= 0.6 is 0 Å². The van der Waals surface area contributed by atoms with Crippen LogP contribution in [-0.2, 0) is 0 Å². The molecule has 0 aliphatic carbocycles. The second-order valence-electron chi connectivity index (χ2n) is 4.70. The Morgan fingerprint density at radius 1 is 1.47 bits per heavy atom. The van der Waals surface area contributed by atoms with Gasteiger partial charge in [0.15, 0.2) is 11.5 Å². The van der Waals surface area contributed by atoms with E-state index in [1.165, 1.54) is 6.08 Å². The molecule has 3 nitrogen and oxygen atoms in total. The summed E-state index contributed by atoms with van der Waals surface area (Å²) < 4.78 is 56.2. The summed E-state index contributed by atoms with van der Waals surface area (Å²) in [5, 5.41) is 10.1. The van der Waals surface area contributed by atoms with Gasteiger partial charge in [-0.15, -0.1) is 0 Å². The van der Waals surface area contributed by atoms with Gasteiger partial charge in [-0.2, -0.15) is 0 Å². The molecule has 92 valence electrons. The molecule has 1 atom stereocenters. The molecular formula is C14H18O3. The molecule has 0 aromatic heterocycles. The summed E-state index contributed by atoms with van der Waals surface area (Å²) in [7, 11) is 0. The van der Waals surface area contributed by atoms with Crippen molar-refractivity contribution < 1.29 is 22.8 Å². The van der Waals surface area contributed by atoms with Gasteiger partial charge in [-0.25, -0.2) is 0 Å². The van der Waals surface area contributed by atoms with Crippen LogP contribution in [0.5, 0.6) is 11.5 Å². The van der Waals surface area contributed by atoms with Crippen LogP contribution in [0.2, 0.25) is 0 Å². The third-order valence-electron chi connectivity index (χ3n) is 2.23. The minimum absolute atomic E-state index is 0.0509.